The van der Waals surface area contributed by atoms with Crippen LogP contribution < -0.4 is 19.5 Å². The van der Waals surface area contributed by atoms with Gasteiger partial charge in [0.05, 0.1) is 11.0 Å². The summed E-state index contributed by atoms with van der Waals surface area (Å²) in [5.41, 5.74) is 16.6. The fourth-order valence-electron chi connectivity index (χ4n) is 11.0. The third-order valence-corrected chi connectivity index (χ3v) is 14.3. The van der Waals surface area contributed by atoms with Crippen molar-refractivity contribution in [1.29, 1.82) is 0 Å². The number of hydrogen-bond donors (Lipinski definition) is 0. The van der Waals surface area contributed by atoms with Crippen molar-refractivity contribution in [2.24, 2.45) is 0 Å². The minimum Gasteiger partial charge on any atom is -0.510 e. The van der Waals surface area contributed by atoms with Crippen LogP contribution in [-0.4, -0.2) is 21.1 Å². The number of imidazole rings is 1. The summed E-state index contributed by atoms with van der Waals surface area (Å²) in [5, 5.41) is 2.17. The average molecular weight is 1100 g/mol. The molecule has 2 aliphatic heterocycles. The Morgan fingerprint density at radius 1 is 0.514 bits per heavy atom. The van der Waals surface area contributed by atoms with E-state index in [0.717, 1.165) is 111 Å². The van der Waals surface area contributed by atoms with E-state index in [1.807, 2.05) is 18.2 Å². The van der Waals surface area contributed by atoms with Crippen LogP contribution in [0.4, 0.5) is 11.5 Å². The van der Waals surface area contributed by atoms with E-state index in [0.29, 0.717) is 11.5 Å². The molecular formula is C64H44BN5OPt-2. The van der Waals surface area contributed by atoms with Crippen molar-refractivity contribution in [3.8, 4) is 67.5 Å². The second kappa shape index (κ2) is 17.0. The molecule has 0 N–H and O–H groups in total. The Kier molecular flexibility index (Phi) is 10.3. The molecule has 14 rings (SSSR count). The van der Waals surface area contributed by atoms with Gasteiger partial charge in [-0.25, -0.2) is 4.98 Å². The van der Waals surface area contributed by atoms with Crippen LogP contribution in [0.3, 0.4) is 0 Å². The summed E-state index contributed by atoms with van der Waals surface area (Å²) >= 11 is 0. The molecule has 0 spiro atoms. The number of aromatic nitrogens is 4. The molecule has 5 heterocycles. The third-order valence-electron chi connectivity index (χ3n) is 14.3. The first-order valence-electron chi connectivity index (χ1n) is 24.2. The van der Waals surface area contributed by atoms with Gasteiger partial charge in [-0.15, -0.1) is 29.7 Å². The normalized spacial score (nSPS) is 12.6. The predicted molar refractivity (Wildman–Crippen MR) is 288 cm³/mol. The van der Waals surface area contributed by atoms with Crippen molar-refractivity contribution < 1.29 is 30.3 Å². The maximum atomic E-state index is 6.77. The summed E-state index contributed by atoms with van der Waals surface area (Å²) in [7, 11) is 0. The molecule has 346 valence electrons. The third kappa shape index (κ3) is 6.90. The summed E-state index contributed by atoms with van der Waals surface area (Å²) < 4.78 is 13.6. The van der Waals surface area contributed by atoms with Gasteiger partial charge >= 0.3 is 6.98 Å². The van der Waals surface area contributed by atoms with E-state index in [1.165, 1.54) is 0 Å². The van der Waals surface area contributed by atoms with Crippen LogP contribution in [0.1, 0.15) is 26.3 Å². The molecule has 0 saturated carbocycles. The molecule has 8 bridgehead atoms. The van der Waals surface area contributed by atoms with E-state index in [1.54, 1.807) is 0 Å². The number of pyridine rings is 1. The summed E-state index contributed by atoms with van der Waals surface area (Å²) in [4.78, 5) is 8.47. The number of rotatable bonds is 3. The molecule has 0 saturated heterocycles. The van der Waals surface area contributed by atoms with Crippen molar-refractivity contribution in [3.05, 3.63) is 236 Å². The van der Waals surface area contributed by atoms with E-state index < -0.39 is 6.98 Å². The van der Waals surface area contributed by atoms with Crippen LogP contribution in [0.5, 0.6) is 11.5 Å². The fraction of sp³-hybridized carbons (Fsp3) is 0.0625. The Morgan fingerprint density at radius 3 is 1.90 bits per heavy atom. The molecule has 0 fully saturated rings. The predicted octanol–water partition coefficient (Wildman–Crippen LogP) is 14.3. The average Bonchev–Trinajstić information content (AvgIpc) is 3.96. The maximum absolute atomic E-state index is 6.77. The summed E-state index contributed by atoms with van der Waals surface area (Å²) in [6, 6.07) is 83.4. The molecule has 0 atom stereocenters. The summed E-state index contributed by atoms with van der Waals surface area (Å²) in [6.45, 7) is 6.27. The van der Waals surface area contributed by atoms with Crippen molar-refractivity contribution in [2.75, 3.05) is 4.81 Å². The smallest absolute Gasteiger partial charge is 0.510 e. The van der Waals surface area contributed by atoms with Gasteiger partial charge < -0.3 is 23.2 Å². The van der Waals surface area contributed by atoms with E-state index in [2.05, 4.69) is 252 Å². The quantitative estimate of drug-likeness (QED) is 0.131. The Labute approximate surface area is 433 Å². The molecule has 72 heavy (non-hydrogen) atoms. The zero-order valence-corrected chi connectivity index (χ0v) is 42.0. The first kappa shape index (κ1) is 43.7. The molecule has 0 unspecified atom stereocenters. The van der Waals surface area contributed by atoms with Crippen LogP contribution >= 0.6 is 0 Å². The molecule has 8 heteroatoms. The van der Waals surface area contributed by atoms with Gasteiger partial charge in [-0.2, -0.15) is 18.2 Å². The monoisotopic (exact) mass is 1100 g/mol. The number of benzene rings is 9. The molecular weight excluding hydrogens is 1060 g/mol. The van der Waals surface area contributed by atoms with Gasteiger partial charge in [0.2, 0.25) is 6.33 Å². The van der Waals surface area contributed by atoms with Crippen LogP contribution in [0.15, 0.2) is 212 Å². The molecule has 0 radical (unpaired) electrons. The van der Waals surface area contributed by atoms with Crippen LogP contribution in [0.25, 0.3) is 88.9 Å². The van der Waals surface area contributed by atoms with Crippen molar-refractivity contribution in [1.82, 2.24) is 14.1 Å². The zero-order chi connectivity index (χ0) is 47.4. The second-order valence-corrected chi connectivity index (χ2v) is 19.5. The van der Waals surface area contributed by atoms with E-state index in [-0.39, 0.29) is 26.5 Å². The van der Waals surface area contributed by atoms with Crippen molar-refractivity contribution in [2.45, 2.75) is 26.2 Å². The number of para-hydroxylation sites is 3. The fourth-order valence-corrected chi connectivity index (χ4v) is 11.0. The maximum Gasteiger partial charge on any atom is 0.526 e. The van der Waals surface area contributed by atoms with Crippen LogP contribution in [0, 0.1) is 18.5 Å². The minimum absolute atomic E-state index is 0. The summed E-state index contributed by atoms with van der Waals surface area (Å²) in [6.07, 6.45) is 4.06. The minimum atomic E-state index is -0.594. The van der Waals surface area contributed by atoms with Crippen LogP contribution in [0.2, 0.25) is 0 Å². The molecule has 9 aromatic carbocycles. The zero-order valence-electron chi connectivity index (χ0n) is 39.7. The topological polar surface area (TPSA) is 39.1 Å². The first-order chi connectivity index (χ1) is 34.9. The number of nitrogens with zero attached hydrogens (tertiary/aromatic N) is 5. The van der Waals surface area contributed by atoms with E-state index in [9.17, 15) is 0 Å². The standard InChI is InChI=1S/C64H44BN5O.Pt/c1-64(2,3)44-37-60-66-61(38-44)70(57-33-15-12-25-48(57)42-19-6-4-7-20-42)65-62-49(43-21-8-5-9-22-43)29-17-30-54(62)50-26-10-11-27-51(50)55-31-18-34-58-63(55)68(65)41-67(58)45-23-16-24-46(39-45)71-47-35-36-53-52-28-13-14-32-56(52)69(60)59(53)40-47;/h4-38H,1-3H3;/q-2;. The van der Waals surface area contributed by atoms with Gasteiger partial charge in [-0.3, -0.25) is 0 Å². The van der Waals surface area contributed by atoms with Gasteiger partial charge in [0.15, 0.2) is 0 Å². The number of anilines is 2. The Balaban J connectivity index is 0.00000504. The Hall–Kier alpha value is -8.25. The molecule has 3 aromatic heterocycles. The van der Waals surface area contributed by atoms with Crippen LogP contribution in [-0.2, 0) is 26.5 Å². The van der Waals surface area contributed by atoms with Gasteiger partial charge in [0.1, 0.15) is 11.6 Å². The largest absolute Gasteiger partial charge is 0.526 e. The Morgan fingerprint density at radius 2 is 1.11 bits per heavy atom. The number of ether oxygens (including phenoxy) is 1. The molecule has 0 amide bonds. The molecule has 0 aliphatic carbocycles. The van der Waals surface area contributed by atoms with E-state index in [4.69, 9.17) is 9.72 Å². The summed E-state index contributed by atoms with van der Waals surface area (Å²) in [5.74, 6) is 2.71. The molecule has 6 nitrogen and oxygen atoms in total. The second-order valence-electron chi connectivity index (χ2n) is 19.5. The van der Waals surface area contributed by atoms with Gasteiger partial charge in [0.25, 0.3) is 0 Å². The van der Waals surface area contributed by atoms with Gasteiger partial charge in [0, 0.05) is 54.8 Å². The molecule has 12 aromatic rings. The number of hydrogen-bond acceptors (Lipinski definition) is 3. The van der Waals surface area contributed by atoms with Crippen molar-refractivity contribution >= 4 is 56.8 Å². The van der Waals surface area contributed by atoms with Gasteiger partial charge in [-0.05, 0) is 79.6 Å². The number of fused-ring (bicyclic) bond motifs is 17. The van der Waals surface area contributed by atoms with Gasteiger partial charge in [-0.1, -0.05) is 190 Å². The SMILES string of the molecule is CC(C)(C)c1cc2nc(c1)-n1c3[c-]c(ccc3c3ccccc31)Oc1[c-]c(ccc1)-n1[c-][n+]3c4c(cccc41)-c1ccccc1-c1cccc(-c4ccccc4)c1B3N2c1ccccc1-c1ccccc1.[Pt]. The Bertz CT molecular complexity index is 4100. The van der Waals surface area contributed by atoms with Crippen molar-refractivity contribution in [3.63, 3.8) is 0 Å². The first-order valence-corrected chi connectivity index (χ1v) is 24.2. The van der Waals surface area contributed by atoms with E-state index >= 15 is 0 Å². The molecule has 2 aliphatic rings.